The van der Waals surface area contributed by atoms with E-state index in [-0.39, 0.29) is 23.6 Å². The molecule has 3 aromatic rings. The van der Waals surface area contributed by atoms with Gasteiger partial charge in [0.05, 0.1) is 17.4 Å². The Labute approximate surface area is 213 Å². The first-order chi connectivity index (χ1) is 16.9. The number of carbonyl (C=O) groups is 2. The van der Waals surface area contributed by atoms with Crippen LogP contribution < -0.4 is 10.6 Å². The molecule has 0 saturated heterocycles. The fourth-order valence-electron chi connectivity index (χ4n) is 4.26. The zero-order valence-electron chi connectivity index (χ0n) is 20.1. The van der Waals surface area contributed by atoms with Crippen molar-refractivity contribution >= 4 is 39.9 Å². The number of thiophene rings is 1. The second-order valence-corrected chi connectivity index (χ2v) is 10.5. The van der Waals surface area contributed by atoms with Crippen LogP contribution in [0.15, 0.2) is 29.4 Å². The van der Waals surface area contributed by atoms with Crippen molar-refractivity contribution in [2.45, 2.75) is 64.2 Å². The molecule has 2 heterocycles. The van der Waals surface area contributed by atoms with Crippen molar-refractivity contribution in [2.24, 2.45) is 0 Å². The number of nitriles is 1. The highest BCUT2D eigenvalue weighted by Gasteiger charge is 2.23. The first-order valence-corrected chi connectivity index (χ1v) is 13.5. The average molecular weight is 509 g/mol. The van der Waals surface area contributed by atoms with Crippen LogP contribution in [0.5, 0.6) is 0 Å². The third kappa shape index (κ3) is 5.41. The Hall–Kier alpha value is -3.16. The number of nitrogens with zero attached hydrogens (tertiary/aromatic N) is 4. The normalized spacial score (nSPS) is 13.5. The number of thioether (sulfide) groups is 1. The quantitative estimate of drug-likeness (QED) is 0.429. The number of rotatable bonds is 8. The van der Waals surface area contributed by atoms with Gasteiger partial charge in [-0.1, -0.05) is 30.0 Å². The summed E-state index contributed by atoms with van der Waals surface area (Å²) in [6.07, 6.45) is 4.08. The maximum Gasteiger partial charge on any atom is 0.252 e. The molecule has 4 rings (SSSR count). The molecule has 0 spiro atoms. The minimum absolute atomic E-state index is 0.148. The number of benzene rings is 1. The Kier molecular flexibility index (Phi) is 7.88. The smallest absolute Gasteiger partial charge is 0.252 e. The minimum Gasteiger partial charge on any atom is -0.342 e. The fourth-order valence-corrected chi connectivity index (χ4v) is 6.32. The fraction of sp³-hybridized carbons (Fsp3) is 0.400. The number of hydrogen-bond donors (Lipinski definition) is 2. The monoisotopic (exact) mass is 508 g/mol. The molecule has 8 nitrogen and oxygen atoms in total. The van der Waals surface area contributed by atoms with Gasteiger partial charge in [-0.15, -0.1) is 21.5 Å². The van der Waals surface area contributed by atoms with Crippen LogP contribution in [0, 0.1) is 18.3 Å². The maximum absolute atomic E-state index is 12.7. The molecule has 2 aromatic heterocycles. The summed E-state index contributed by atoms with van der Waals surface area (Å²) in [5.74, 6) is 0.435. The second-order valence-electron chi connectivity index (χ2n) is 8.46. The van der Waals surface area contributed by atoms with Crippen LogP contribution in [0.3, 0.4) is 0 Å². The zero-order chi connectivity index (χ0) is 24.9. The van der Waals surface area contributed by atoms with Gasteiger partial charge in [0, 0.05) is 17.0 Å². The molecule has 0 bridgehead atoms. The molecule has 1 aliphatic rings. The third-order valence-corrected chi connectivity index (χ3v) is 8.23. The van der Waals surface area contributed by atoms with Gasteiger partial charge in [0.15, 0.2) is 11.0 Å². The van der Waals surface area contributed by atoms with Gasteiger partial charge in [0.2, 0.25) is 5.91 Å². The molecule has 1 atom stereocenters. The van der Waals surface area contributed by atoms with Crippen molar-refractivity contribution in [3.8, 4) is 6.07 Å². The molecule has 35 heavy (non-hydrogen) atoms. The van der Waals surface area contributed by atoms with E-state index >= 15 is 0 Å². The van der Waals surface area contributed by atoms with E-state index in [9.17, 15) is 14.9 Å². The van der Waals surface area contributed by atoms with Gasteiger partial charge in [-0.25, -0.2) is 0 Å². The summed E-state index contributed by atoms with van der Waals surface area (Å²) in [4.78, 5) is 26.6. The number of fused-ring (bicyclic) bond motifs is 1. The lowest BCUT2D eigenvalue weighted by molar-refractivity contribution is -0.113. The van der Waals surface area contributed by atoms with E-state index in [1.165, 1.54) is 28.0 Å². The first-order valence-electron chi connectivity index (χ1n) is 11.7. The Morgan fingerprint density at radius 2 is 2.03 bits per heavy atom. The topological polar surface area (TPSA) is 113 Å². The van der Waals surface area contributed by atoms with Crippen molar-refractivity contribution in [3.63, 3.8) is 0 Å². The lowest BCUT2D eigenvalue weighted by Crippen LogP contribution is -2.29. The van der Waals surface area contributed by atoms with Crippen LogP contribution >= 0.6 is 23.1 Å². The lowest BCUT2D eigenvalue weighted by atomic mass is 9.96. The molecule has 0 fully saturated rings. The van der Waals surface area contributed by atoms with Crippen LogP contribution in [0.1, 0.15) is 70.5 Å². The molecule has 10 heteroatoms. The third-order valence-electron chi connectivity index (χ3n) is 6.05. The molecular weight excluding hydrogens is 480 g/mol. The maximum atomic E-state index is 12.7. The summed E-state index contributed by atoms with van der Waals surface area (Å²) in [6, 6.07) is 9.36. The molecule has 0 saturated carbocycles. The number of carbonyl (C=O) groups excluding carboxylic acids is 2. The Balaban J connectivity index is 1.40. The van der Waals surface area contributed by atoms with Crippen LogP contribution in [-0.4, -0.2) is 32.3 Å². The summed E-state index contributed by atoms with van der Waals surface area (Å²) in [7, 11) is 0. The SMILES string of the molecule is CCn1c(SCC(=O)Nc2sc3c(c2C#N)CCCC3)nnc1[C@H](C)NC(=O)c1ccccc1C. The number of anilines is 1. The molecule has 182 valence electrons. The van der Waals surface area contributed by atoms with Gasteiger partial charge < -0.3 is 15.2 Å². The molecule has 0 aliphatic heterocycles. The van der Waals surface area contributed by atoms with Crippen molar-refractivity contribution in [1.29, 1.82) is 5.26 Å². The van der Waals surface area contributed by atoms with Crippen molar-refractivity contribution in [2.75, 3.05) is 11.1 Å². The van der Waals surface area contributed by atoms with E-state index in [1.807, 2.05) is 43.5 Å². The zero-order valence-corrected chi connectivity index (χ0v) is 21.7. The van der Waals surface area contributed by atoms with Crippen molar-refractivity contribution in [3.05, 3.63) is 57.2 Å². The number of aromatic nitrogens is 3. The first kappa shape index (κ1) is 24.9. The van der Waals surface area contributed by atoms with Gasteiger partial charge >= 0.3 is 0 Å². The van der Waals surface area contributed by atoms with E-state index in [0.717, 1.165) is 36.8 Å². The van der Waals surface area contributed by atoms with Crippen LogP contribution in [0.25, 0.3) is 0 Å². The molecule has 0 unspecified atom stereocenters. The van der Waals surface area contributed by atoms with Gasteiger partial charge in [-0.2, -0.15) is 5.26 Å². The summed E-state index contributed by atoms with van der Waals surface area (Å²) in [5, 5.41) is 25.3. The van der Waals surface area contributed by atoms with Gasteiger partial charge in [-0.05, 0) is 63.6 Å². The van der Waals surface area contributed by atoms with Crippen LogP contribution in [0.4, 0.5) is 5.00 Å². The number of nitrogens with one attached hydrogen (secondary N) is 2. The van der Waals surface area contributed by atoms with Crippen LogP contribution in [0.2, 0.25) is 0 Å². The largest absolute Gasteiger partial charge is 0.342 e. The molecule has 2 amide bonds. The van der Waals surface area contributed by atoms with E-state index in [1.54, 1.807) is 6.07 Å². The Morgan fingerprint density at radius 1 is 1.26 bits per heavy atom. The summed E-state index contributed by atoms with van der Waals surface area (Å²) in [6.45, 7) is 6.35. The number of aryl methyl sites for hydroxylation is 2. The van der Waals surface area contributed by atoms with E-state index in [0.29, 0.717) is 33.7 Å². The van der Waals surface area contributed by atoms with Gasteiger partial charge in [-0.3, -0.25) is 9.59 Å². The number of amides is 2. The highest BCUT2D eigenvalue weighted by atomic mass is 32.2. The van der Waals surface area contributed by atoms with Crippen molar-refractivity contribution < 1.29 is 9.59 Å². The molecule has 2 N–H and O–H groups in total. The van der Waals surface area contributed by atoms with Gasteiger partial charge in [0.1, 0.15) is 11.1 Å². The van der Waals surface area contributed by atoms with Crippen molar-refractivity contribution in [1.82, 2.24) is 20.1 Å². The Bertz CT molecular complexity index is 1290. The predicted octanol–water partition coefficient (Wildman–Crippen LogP) is 4.64. The summed E-state index contributed by atoms with van der Waals surface area (Å²) in [5.41, 5.74) is 3.24. The molecule has 1 aliphatic carbocycles. The van der Waals surface area contributed by atoms with E-state index in [2.05, 4.69) is 26.9 Å². The molecule has 1 aromatic carbocycles. The second kappa shape index (κ2) is 11.1. The highest BCUT2D eigenvalue weighted by molar-refractivity contribution is 7.99. The van der Waals surface area contributed by atoms with Gasteiger partial charge in [0.25, 0.3) is 5.91 Å². The predicted molar refractivity (Wildman–Crippen MR) is 138 cm³/mol. The molecule has 0 radical (unpaired) electrons. The minimum atomic E-state index is -0.353. The molecular formula is C25H28N6O2S2. The summed E-state index contributed by atoms with van der Waals surface area (Å²) >= 11 is 2.81. The van der Waals surface area contributed by atoms with E-state index < -0.39 is 0 Å². The number of hydrogen-bond acceptors (Lipinski definition) is 7. The lowest BCUT2D eigenvalue weighted by Gasteiger charge is -2.16. The average Bonchev–Trinajstić information content (AvgIpc) is 3.43. The summed E-state index contributed by atoms with van der Waals surface area (Å²) < 4.78 is 1.91. The Morgan fingerprint density at radius 3 is 2.77 bits per heavy atom. The van der Waals surface area contributed by atoms with Crippen LogP contribution in [-0.2, 0) is 24.2 Å². The van der Waals surface area contributed by atoms with E-state index in [4.69, 9.17) is 0 Å². The highest BCUT2D eigenvalue weighted by Crippen LogP contribution is 2.37. The standard InChI is InChI=1S/C25H28N6O2S2/c1-4-31-22(16(3)27-23(33)17-10-6-5-9-15(17)2)29-30-25(31)34-14-21(32)28-24-19(13-26)18-11-7-8-12-20(18)35-24/h5-6,9-10,16H,4,7-8,11-12,14H2,1-3H3,(H,27,33)(H,28,32)/t16-/m0/s1.